The van der Waals surface area contributed by atoms with Crippen LogP contribution in [0.1, 0.15) is 48.4 Å². The maximum atomic E-state index is 6.24. The molecule has 0 saturated heterocycles. The van der Waals surface area contributed by atoms with Crippen molar-refractivity contribution in [1.29, 1.82) is 0 Å². The van der Waals surface area contributed by atoms with Crippen molar-refractivity contribution in [2.75, 3.05) is 14.2 Å². The first-order chi connectivity index (χ1) is 8.10. The summed E-state index contributed by atoms with van der Waals surface area (Å²) in [4.78, 5) is 0. The lowest BCUT2D eigenvalue weighted by Crippen LogP contribution is -2.21. The predicted octanol–water partition coefficient (Wildman–Crippen LogP) is 2.91. The van der Waals surface area contributed by atoms with Crippen LogP contribution in [-0.2, 0) is 0 Å². The first-order valence-electron chi connectivity index (χ1n) is 6.11. The van der Waals surface area contributed by atoms with E-state index in [-0.39, 0.29) is 6.04 Å². The van der Waals surface area contributed by atoms with Crippen molar-refractivity contribution in [3.05, 3.63) is 22.8 Å². The lowest BCUT2D eigenvalue weighted by molar-refractivity contribution is 0.343. The molecule has 1 aliphatic rings. The van der Waals surface area contributed by atoms with Crippen molar-refractivity contribution in [2.45, 2.75) is 38.6 Å². The van der Waals surface area contributed by atoms with E-state index < -0.39 is 0 Å². The Morgan fingerprint density at radius 3 is 2.47 bits per heavy atom. The van der Waals surface area contributed by atoms with Gasteiger partial charge in [-0.2, -0.15) is 0 Å². The van der Waals surface area contributed by atoms with Crippen molar-refractivity contribution in [3.63, 3.8) is 0 Å². The van der Waals surface area contributed by atoms with Gasteiger partial charge in [-0.15, -0.1) is 0 Å². The third-order valence-electron chi connectivity index (χ3n) is 3.73. The van der Waals surface area contributed by atoms with Gasteiger partial charge < -0.3 is 15.2 Å². The molecule has 2 N–H and O–H groups in total. The zero-order chi connectivity index (χ0) is 12.6. The van der Waals surface area contributed by atoms with E-state index in [1.54, 1.807) is 14.2 Å². The molecule has 17 heavy (non-hydrogen) atoms. The van der Waals surface area contributed by atoms with Gasteiger partial charge in [-0.1, -0.05) is 6.92 Å². The second kappa shape index (κ2) is 4.57. The summed E-state index contributed by atoms with van der Waals surface area (Å²) >= 11 is 0. The Hall–Kier alpha value is -1.22. The normalized spacial score (nSPS) is 23.1. The summed E-state index contributed by atoms with van der Waals surface area (Å²) in [5.41, 5.74) is 9.98. The lowest BCUT2D eigenvalue weighted by atomic mass is 9.78. The summed E-state index contributed by atoms with van der Waals surface area (Å²) in [6.45, 7) is 4.37. The Morgan fingerprint density at radius 1 is 1.18 bits per heavy atom. The first kappa shape index (κ1) is 12.2. The van der Waals surface area contributed by atoms with Crippen LogP contribution in [0.3, 0.4) is 0 Å². The van der Waals surface area contributed by atoms with E-state index in [1.165, 1.54) is 11.1 Å². The monoisotopic (exact) mass is 235 g/mol. The van der Waals surface area contributed by atoms with Gasteiger partial charge in [0.25, 0.3) is 0 Å². The highest BCUT2D eigenvalue weighted by Crippen LogP contribution is 2.46. The summed E-state index contributed by atoms with van der Waals surface area (Å²) in [6, 6.07) is 2.11. The highest BCUT2D eigenvalue weighted by atomic mass is 16.5. The SMILES string of the molecule is COc1cc(C)c2c(c1OC)C(N)CCC2C. The molecule has 0 radical (unpaired) electrons. The second-order valence-corrected chi connectivity index (χ2v) is 4.84. The molecule has 1 aromatic carbocycles. The van der Waals surface area contributed by atoms with Crippen molar-refractivity contribution in [1.82, 2.24) is 0 Å². The van der Waals surface area contributed by atoms with Crippen molar-refractivity contribution in [2.24, 2.45) is 5.73 Å². The van der Waals surface area contributed by atoms with Gasteiger partial charge in [-0.25, -0.2) is 0 Å². The Labute approximate surface area is 103 Å². The Morgan fingerprint density at radius 2 is 1.88 bits per heavy atom. The fourth-order valence-corrected chi connectivity index (χ4v) is 2.91. The average Bonchev–Trinajstić information content (AvgIpc) is 2.32. The van der Waals surface area contributed by atoms with Crippen LogP contribution in [0.25, 0.3) is 0 Å². The molecule has 0 saturated carbocycles. The smallest absolute Gasteiger partial charge is 0.165 e. The van der Waals surface area contributed by atoms with Crippen LogP contribution >= 0.6 is 0 Å². The molecule has 0 bridgehead atoms. The summed E-state index contributed by atoms with van der Waals surface area (Å²) in [6.07, 6.45) is 2.15. The van der Waals surface area contributed by atoms with Gasteiger partial charge in [0.1, 0.15) is 0 Å². The molecule has 2 unspecified atom stereocenters. The minimum atomic E-state index is 0.0601. The fourth-order valence-electron chi connectivity index (χ4n) is 2.91. The number of hydrogen-bond acceptors (Lipinski definition) is 3. The molecule has 0 spiro atoms. The van der Waals surface area contributed by atoms with Crippen LogP contribution in [0.4, 0.5) is 0 Å². The molecule has 1 aliphatic carbocycles. The molecule has 2 rings (SSSR count). The van der Waals surface area contributed by atoms with Crippen molar-refractivity contribution >= 4 is 0 Å². The molecule has 3 nitrogen and oxygen atoms in total. The minimum absolute atomic E-state index is 0.0601. The average molecular weight is 235 g/mol. The molecular formula is C14H21NO2. The van der Waals surface area contributed by atoms with E-state index in [9.17, 15) is 0 Å². The summed E-state index contributed by atoms with van der Waals surface area (Å²) in [7, 11) is 3.35. The summed E-state index contributed by atoms with van der Waals surface area (Å²) in [5, 5.41) is 0. The minimum Gasteiger partial charge on any atom is -0.493 e. The van der Waals surface area contributed by atoms with E-state index >= 15 is 0 Å². The third-order valence-corrected chi connectivity index (χ3v) is 3.73. The van der Waals surface area contributed by atoms with Gasteiger partial charge in [-0.3, -0.25) is 0 Å². The molecule has 0 aromatic heterocycles. The van der Waals surface area contributed by atoms with Gasteiger partial charge in [0.2, 0.25) is 0 Å². The zero-order valence-corrected chi connectivity index (χ0v) is 11.0. The Balaban J connectivity index is 2.70. The van der Waals surface area contributed by atoms with E-state index in [1.807, 2.05) is 6.07 Å². The van der Waals surface area contributed by atoms with Crippen molar-refractivity contribution < 1.29 is 9.47 Å². The van der Waals surface area contributed by atoms with E-state index in [4.69, 9.17) is 15.2 Å². The molecule has 2 atom stereocenters. The number of ether oxygens (including phenoxy) is 2. The first-order valence-corrected chi connectivity index (χ1v) is 6.11. The molecule has 0 fully saturated rings. The molecule has 0 aliphatic heterocycles. The number of benzene rings is 1. The van der Waals surface area contributed by atoms with E-state index in [0.717, 1.165) is 29.9 Å². The molecule has 0 heterocycles. The largest absolute Gasteiger partial charge is 0.493 e. The zero-order valence-electron chi connectivity index (χ0n) is 11.0. The molecule has 94 valence electrons. The molecule has 3 heteroatoms. The molecular weight excluding hydrogens is 214 g/mol. The van der Waals surface area contributed by atoms with Gasteiger partial charge in [0.05, 0.1) is 14.2 Å². The summed E-state index contributed by atoms with van der Waals surface area (Å²) in [5.74, 6) is 2.14. The quantitative estimate of drug-likeness (QED) is 0.857. The molecule has 0 amide bonds. The van der Waals surface area contributed by atoms with E-state index in [0.29, 0.717) is 5.92 Å². The Bertz CT molecular complexity index is 429. The highest BCUT2D eigenvalue weighted by Gasteiger charge is 2.29. The van der Waals surface area contributed by atoms with Gasteiger partial charge in [0, 0.05) is 11.6 Å². The number of nitrogens with two attached hydrogens (primary N) is 1. The van der Waals surface area contributed by atoms with Crippen LogP contribution in [-0.4, -0.2) is 14.2 Å². The summed E-state index contributed by atoms with van der Waals surface area (Å²) < 4.78 is 10.9. The van der Waals surface area contributed by atoms with Crippen LogP contribution in [0.5, 0.6) is 11.5 Å². The second-order valence-electron chi connectivity index (χ2n) is 4.84. The van der Waals surface area contributed by atoms with E-state index in [2.05, 4.69) is 13.8 Å². The highest BCUT2D eigenvalue weighted by molar-refractivity contribution is 5.57. The third kappa shape index (κ3) is 1.89. The lowest BCUT2D eigenvalue weighted by Gasteiger charge is -2.31. The number of aryl methyl sites for hydroxylation is 1. The van der Waals surface area contributed by atoms with Gasteiger partial charge in [-0.05, 0) is 42.9 Å². The fraction of sp³-hybridized carbons (Fsp3) is 0.571. The number of fused-ring (bicyclic) bond motifs is 1. The maximum absolute atomic E-state index is 6.24. The number of methoxy groups -OCH3 is 2. The predicted molar refractivity (Wildman–Crippen MR) is 68.9 cm³/mol. The van der Waals surface area contributed by atoms with Crippen molar-refractivity contribution in [3.8, 4) is 11.5 Å². The number of rotatable bonds is 2. The van der Waals surface area contributed by atoms with Crippen LogP contribution < -0.4 is 15.2 Å². The number of hydrogen-bond donors (Lipinski definition) is 1. The molecule has 1 aromatic rings. The standard InChI is InChI=1S/C14H21NO2/c1-8-5-6-10(15)13-12(8)9(2)7-11(16-3)14(13)17-4/h7-8,10H,5-6,15H2,1-4H3. The van der Waals surface area contributed by atoms with Crippen LogP contribution in [0, 0.1) is 6.92 Å². The van der Waals surface area contributed by atoms with Crippen LogP contribution in [0.15, 0.2) is 6.07 Å². The maximum Gasteiger partial charge on any atom is 0.165 e. The van der Waals surface area contributed by atoms with Gasteiger partial charge in [0.15, 0.2) is 11.5 Å². The Kier molecular flexibility index (Phi) is 3.29. The van der Waals surface area contributed by atoms with Gasteiger partial charge >= 0.3 is 0 Å². The van der Waals surface area contributed by atoms with Crippen LogP contribution in [0.2, 0.25) is 0 Å². The topological polar surface area (TPSA) is 44.5 Å².